The molecule has 8 nitrogen and oxygen atoms in total. The third-order valence-electron chi connectivity index (χ3n) is 5.76. The summed E-state index contributed by atoms with van der Waals surface area (Å²) in [6, 6.07) is 12.4. The molecule has 0 aliphatic carbocycles. The topological polar surface area (TPSA) is 149 Å². The molecule has 5 rings (SSSR count). The van der Waals surface area contributed by atoms with Gasteiger partial charge >= 0.3 is 23.9 Å². The minimum Gasteiger partial charge on any atom is -0.478 e. The molecular formula is C24H12O8. The predicted molar refractivity (Wildman–Crippen MR) is 115 cm³/mol. The maximum absolute atomic E-state index is 12.3. The lowest BCUT2D eigenvalue weighted by atomic mass is 9.83. The lowest BCUT2D eigenvalue weighted by Crippen LogP contribution is -2.16. The van der Waals surface area contributed by atoms with Gasteiger partial charge in [0.25, 0.3) is 0 Å². The molecule has 5 aromatic carbocycles. The molecule has 32 heavy (non-hydrogen) atoms. The number of aromatic carboxylic acids is 4. The fourth-order valence-corrected chi connectivity index (χ4v) is 4.66. The van der Waals surface area contributed by atoms with Crippen molar-refractivity contribution in [1.82, 2.24) is 0 Å². The Morgan fingerprint density at radius 1 is 0.500 bits per heavy atom. The van der Waals surface area contributed by atoms with Crippen molar-refractivity contribution < 1.29 is 39.6 Å². The van der Waals surface area contributed by atoms with Gasteiger partial charge in [0.15, 0.2) is 0 Å². The molecule has 5 aromatic rings. The highest BCUT2D eigenvalue weighted by atomic mass is 16.4. The van der Waals surface area contributed by atoms with E-state index in [1.165, 1.54) is 24.3 Å². The first-order valence-electron chi connectivity index (χ1n) is 9.35. The van der Waals surface area contributed by atoms with Crippen molar-refractivity contribution in [1.29, 1.82) is 0 Å². The summed E-state index contributed by atoms with van der Waals surface area (Å²) in [5.74, 6) is -5.95. The Morgan fingerprint density at radius 3 is 1.72 bits per heavy atom. The molecule has 0 unspecified atom stereocenters. The molecule has 0 radical (unpaired) electrons. The summed E-state index contributed by atoms with van der Waals surface area (Å²) in [4.78, 5) is 48.2. The van der Waals surface area contributed by atoms with Crippen molar-refractivity contribution in [3.63, 3.8) is 0 Å². The molecule has 0 aromatic heterocycles. The molecule has 0 fully saturated rings. The maximum atomic E-state index is 12.3. The number of hydrogen-bond acceptors (Lipinski definition) is 4. The van der Waals surface area contributed by atoms with Gasteiger partial charge in [-0.1, -0.05) is 36.4 Å². The SMILES string of the molecule is O=C(O)c1cc2cccc3c4c(C(=O)O)c(C(=O)O)c(C(=O)O)c5cccc(c(c1)c23)c54. The van der Waals surface area contributed by atoms with Crippen LogP contribution in [0.2, 0.25) is 0 Å². The summed E-state index contributed by atoms with van der Waals surface area (Å²) in [6.45, 7) is 0. The Hall–Kier alpha value is -4.72. The minimum absolute atomic E-state index is 0.0178. The van der Waals surface area contributed by atoms with E-state index in [2.05, 4.69) is 0 Å². The van der Waals surface area contributed by atoms with E-state index in [4.69, 9.17) is 0 Å². The molecular weight excluding hydrogens is 416 g/mol. The average Bonchev–Trinajstić information content (AvgIpc) is 2.75. The van der Waals surface area contributed by atoms with Crippen molar-refractivity contribution >= 4 is 67.0 Å². The normalized spacial score (nSPS) is 11.5. The van der Waals surface area contributed by atoms with Crippen molar-refractivity contribution in [2.75, 3.05) is 0 Å². The second kappa shape index (κ2) is 6.39. The monoisotopic (exact) mass is 428 g/mol. The Balaban J connectivity index is 2.25. The molecule has 4 N–H and O–H groups in total. The molecule has 0 amide bonds. The number of hydrogen-bond donors (Lipinski definition) is 4. The fraction of sp³-hybridized carbons (Fsp3) is 0. The molecule has 156 valence electrons. The molecule has 0 saturated carbocycles. The molecule has 0 aliphatic heterocycles. The van der Waals surface area contributed by atoms with E-state index >= 15 is 0 Å². The van der Waals surface area contributed by atoms with Crippen LogP contribution in [0.5, 0.6) is 0 Å². The summed E-state index contributed by atoms with van der Waals surface area (Å²) < 4.78 is 0. The molecule has 0 aliphatic rings. The summed E-state index contributed by atoms with van der Waals surface area (Å²) in [5.41, 5.74) is -2.02. The van der Waals surface area contributed by atoms with Crippen LogP contribution in [0.25, 0.3) is 43.1 Å². The van der Waals surface area contributed by atoms with Crippen LogP contribution in [0.3, 0.4) is 0 Å². The van der Waals surface area contributed by atoms with Gasteiger partial charge in [-0.3, -0.25) is 0 Å². The first-order valence-corrected chi connectivity index (χ1v) is 9.35. The average molecular weight is 428 g/mol. The third kappa shape index (κ3) is 2.37. The zero-order valence-electron chi connectivity index (χ0n) is 16.0. The van der Waals surface area contributed by atoms with Gasteiger partial charge in [0, 0.05) is 5.39 Å². The van der Waals surface area contributed by atoms with Crippen molar-refractivity contribution in [3.8, 4) is 0 Å². The van der Waals surface area contributed by atoms with Crippen LogP contribution >= 0.6 is 0 Å². The highest BCUT2D eigenvalue weighted by molar-refractivity contribution is 6.39. The number of carbonyl (C=O) groups is 4. The van der Waals surface area contributed by atoms with Gasteiger partial charge in [0.1, 0.15) is 0 Å². The van der Waals surface area contributed by atoms with Gasteiger partial charge in [-0.05, 0) is 49.8 Å². The van der Waals surface area contributed by atoms with Gasteiger partial charge in [-0.15, -0.1) is 0 Å². The van der Waals surface area contributed by atoms with Crippen LogP contribution in [0.15, 0.2) is 48.5 Å². The van der Waals surface area contributed by atoms with Crippen LogP contribution in [0.4, 0.5) is 0 Å². The summed E-state index contributed by atoms with van der Waals surface area (Å²) >= 11 is 0. The number of fused-ring (bicyclic) bond motifs is 2. The van der Waals surface area contributed by atoms with Crippen LogP contribution in [0, 0.1) is 0 Å². The maximum Gasteiger partial charge on any atom is 0.337 e. The van der Waals surface area contributed by atoms with Crippen LogP contribution in [-0.2, 0) is 0 Å². The lowest BCUT2D eigenvalue weighted by Gasteiger charge is -2.19. The van der Waals surface area contributed by atoms with Crippen molar-refractivity contribution in [2.45, 2.75) is 0 Å². The van der Waals surface area contributed by atoms with Crippen molar-refractivity contribution in [2.24, 2.45) is 0 Å². The van der Waals surface area contributed by atoms with E-state index < -0.39 is 40.6 Å². The Labute approximate surface area is 177 Å². The zero-order chi connectivity index (χ0) is 22.9. The number of carboxylic acids is 4. The predicted octanol–water partition coefficient (Wildman–Crippen LogP) is 4.53. The van der Waals surface area contributed by atoms with Gasteiger partial charge in [-0.2, -0.15) is 0 Å². The van der Waals surface area contributed by atoms with E-state index in [-0.39, 0.29) is 21.7 Å². The second-order valence-corrected chi connectivity index (χ2v) is 7.38. The first kappa shape index (κ1) is 19.3. The molecule has 0 bridgehead atoms. The lowest BCUT2D eigenvalue weighted by molar-refractivity contribution is 0.0635. The number of rotatable bonds is 4. The minimum atomic E-state index is -1.66. The fourth-order valence-electron chi connectivity index (χ4n) is 4.66. The van der Waals surface area contributed by atoms with Crippen molar-refractivity contribution in [3.05, 3.63) is 70.8 Å². The van der Waals surface area contributed by atoms with Gasteiger partial charge in [0.05, 0.1) is 22.3 Å². The molecule has 0 spiro atoms. The smallest absolute Gasteiger partial charge is 0.337 e. The second-order valence-electron chi connectivity index (χ2n) is 7.38. The summed E-state index contributed by atoms with van der Waals surface area (Å²) in [5, 5.41) is 42.0. The van der Waals surface area contributed by atoms with Gasteiger partial charge in [-0.25, -0.2) is 19.2 Å². The quantitative estimate of drug-likeness (QED) is 0.241. The van der Waals surface area contributed by atoms with Crippen LogP contribution in [0.1, 0.15) is 41.4 Å². The highest BCUT2D eigenvalue weighted by Crippen LogP contribution is 2.44. The van der Waals surface area contributed by atoms with Gasteiger partial charge < -0.3 is 20.4 Å². The number of benzene rings is 5. The van der Waals surface area contributed by atoms with E-state index in [1.54, 1.807) is 24.3 Å². The zero-order valence-corrected chi connectivity index (χ0v) is 16.0. The Morgan fingerprint density at radius 2 is 1.09 bits per heavy atom. The van der Waals surface area contributed by atoms with E-state index in [0.717, 1.165) is 0 Å². The molecule has 0 atom stereocenters. The summed E-state index contributed by atoms with van der Waals surface area (Å²) in [7, 11) is 0. The summed E-state index contributed by atoms with van der Waals surface area (Å²) in [6.07, 6.45) is 0. The van der Waals surface area contributed by atoms with E-state index in [1.807, 2.05) is 0 Å². The van der Waals surface area contributed by atoms with Crippen LogP contribution < -0.4 is 0 Å². The molecule has 0 saturated heterocycles. The van der Waals surface area contributed by atoms with Gasteiger partial charge in [0.2, 0.25) is 0 Å². The van der Waals surface area contributed by atoms with Crippen LogP contribution in [-0.4, -0.2) is 44.3 Å². The Bertz CT molecular complexity index is 1680. The number of carboxylic acid groups (broad SMARTS) is 4. The van der Waals surface area contributed by atoms with E-state index in [0.29, 0.717) is 26.9 Å². The van der Waals surface area contributed by atoms with E-state index in [9.17, 15) is 39.6 Å². The molecule has 8 heteroatoms. The Kier molecular flexibility index (Phi) is 3.84. The largest absolute Gasteiger partial charge is 0.478 e. The first-order chi connectivity index (χ1) is 15.2. The standard InChI is InChI=1S/C24H12O8/c25-21(26)10-7-9-3-1-5-12-15(9)14(8-10)11-4-2-6-13-16(11)17(12)19(23(29)30)20(24(31)32)18(13)22(27)28/h1-8H,(H,25,26)(H,27,28)(H,29,30)(H,31,32). The molecule has 0 heterocycles. The highest BCUT2D eigenvalue weighted by Gasteiger charge is 2.31. The third-order valence-corrected chi connectivity index (χ3v) is 5.76.